The highest BCUT2D eigenvalue weighted by molar-refractivity contribution is 5.46. The van der Waals surface area contributed by atoms with Gasteiger partial charge in [-0.15, -0.1) is 0 Å². The summed E-state index contributed by atoms with van der Waals surface area (Å²) in [6.07, 6.45) is 3.49. The van der Waals surface area contributed by atoms with Crippen molar-refractivity contribution in [2.45, 2.75) is 6.04 Å². The normalized spacial score (nSPS) is 22.9. The standard InChI is InChI=1S/C9H13N3O/c10-8-1-2-11-5-7(8)9-6-13-4-3-12-9/h1-2,5,9,12H,3-4,6H2,(H2,10,11)/t9-/m1/s1. The molecule has 4 nitrogen and oxygen atoms in total. The molecule has 0 saturated carbocycles. The first-order valence-corrected chi connectivity index (χ1v) is 4.38. The van der Waals surface area contributed by atoms with Crippen LogP contribution >= 0.6 is 0 Å². The Kier molecular flexibility index (Phi) is 2.42. The highest BCUT2D eigenvalue weighted by atomic mass is 16.5. The van der Waals surface area contributed by atoms with Crippen LogP contribution in [0.4, 0.5) is 5.69 Å². The van der Waals surface area contributed by atoms with Crippen LogP contribution in [0.5, 0.6) is 0 Å². The number of anilines is 1. The summed E-state index contributed by atoms with van der Waals surface area (Å²) in [5.74, 6) is 0. The minimum Gasteiger partial charge on any atom is -0.398 e. The van der Waals surface area contributed by atoms with Gasteiger partial charge in [0.2, 0.25) is 0 Å². The van der Waals surface area contributed by atoms with E-state index in [1.54, 1.807) is 12.4 Å². The topological polar surface area (TPSA) is 60.2 Å². The van der Waals surface area contributed by atoms with Crippen molar-refractivity contribution in [2.75, 3.05) is 25.5 Å². The number of hydrogen-bond donors (Lipinski definition) is 2. The van der Waals surface area contributed by atoms with Gasteiger partial charge in [-0.3, -0.25) is 4.98 Å². The third kappa shape index (κ3) is 1.79. The van der Waals surface area contributed by atoms with Crippen LogP contribution in [0, 0.1) is 0 Å². The molecule has 1 atom stereocenters. The van der Waals surface area contributed by atoms with Gasteiger partial charge in [-0.1, -0.05) is 0 Å². The molecule has 3 N–H and O–H groups in total. The van der Waals surface area contributed by atoms with E-state index >= 15 is 0 Å². The van der Waals surface area contributed by atoms with Crippen molar-refractivity contribution < 1.29 is 4.74 Å². The summed E-state index contributed by atoms with van der Waals surface area (Å²) in [5.41, 5.74) is 7.62. The van der Waals surface area contributed by atoms with E-state index in [0.29, 0.717) is 6.61 Å². The fourth-order valence-electron chi connectivity index (χ4n) is 1.47. The lowest BCUT2D eigenvalue weighted by Gasteiger charge is -2.24. The SMILES string of the molecule is Nc1ccncc1[C@H]1COCCN1. The Labute approximate surface area is 77.1 Å². The van der Waals surface area contributed by atoms with E-state index in [2.05, 4.69) is 10.3 Å². The molecule has 0 bridgehead atoms. The Morgan fingerprint density at radius 2 is 2.54 bits per heavy atom. The average Bonchev–Trinajstić information content (AvgIpc) is 2.20. The van der Waals surface area contributed by atoms with E-state index in [0.717, 1.165) is 24.4 Å². The van der Waals surface area contributed by atoms with Crippen molar-refractivity contribution in [2.24, 2.45) is 0 Å². The molecule has 70 valence electrons. The lowest BCUT2D eigenvalue weighted by atomic mass is 10.1. The molecule has 1 fully saturated rings. The van der Waals surface area contributed by atoms with Crippen molar-refractivity contribution >= 4 is 5.69 Å². The summed E-state index contributed by atoms with van der Waals surface area (Å²) in [5, 5.41) is 3.33. The second kappa shape index (κ2) is 3.72. The molecule has 1 aromatic heterocycles. The van der Waals surface area contributed by atoms with Gasteiger partial charge in [0.15, 0.2) is 0 Å². The zero-order chi connectivity index (χ0) is 9.10. The zero-order valence-electron chi connectivity index (χ0n) is 7.36. The van der Waals surface area contributed by atoms with Crippen LogP contribution in [0.25, 0.3) is 0 Å². The highest BCUT2D eigenvalue weighted by Crippen LogP contribution is 2.20. The van der Waals surface area contributed by atoms with Gasteiger partial charge < -0.3 is 15.8 Å². The molecule has 1 saturated heterocycles. The fraction of sp³-hybridized carbons (Fsp3) is 0.444. The quantitative estimate of drug-likeness (QED) is 0.652. The number of aromatic nitrogens is 1. The summed E-state index contributed by atoms with van der Waals surface area (Å²) in [6.45, 7) is 2.32. The van der Waals surface area contributed by atoms with Crippen LogP contribution in [0.3, 0.4) is 0 Å². The van der Waals surface area contributed by atoms with E-state index in [1.807, 2.05) is 6.07 Å². The number of nitrogens with two attached hydrogens (primary N) is 1. The van der Waals surface area contributed by atoms with Crippen LogP contribution in [0.1, 0.15) is 11.6 Å². The van der Waals surface area contributed by atoms with E-state index in [1.165, 1.54) is 0 Å². The first kappa shape index (κ1) is 8.47. The van der Waals surface area contributed by atoms with Crippen molar-refractivity contribution in [3.05, 3.63) is 24.0 Å². The third-order valence-corrected chi connectivity index (χ3v) is 2.18. The highest BCUT2D eigenvalue weighted by Gasteiger charge is 2.16. The van der Waals surface area contributed by atoms with Gasteiger partial charge in [0, 0.05) is 30.2 Å². The molecule has 1 aromatic rings. The average molecular weight is 179 g/mol. The fourth-order valence-corrected chi connectivity index (χ4v) is 1.47. The van der Waals surface area contributed by atoms with Gasteiger partial charge in [0.25, 0.3) is 0 Å². The number of nitrogens with one attached hydrogen (secondary N) is 1. The van der Waals surface area contributed by atoms with E-state index in [-0.39, 0.29) is 6.04 Å². The molecule has 13 heavy (non-hydrogen) atoms. The largest absolute Gasteiger partial charge is 0.398 e. The van der Waals surface area contributed by atoms with Gasteiger partial charge in [-0.25, -0.2) is 0 Å². The van der Waals surface area contributed by atoms with Gasteiger partial charge in [0.1, 0.15) is 0 Å². The Morgan fingerprint density at radius 1 is 1.62 bits per heavy atom. The summed E-state index contributed by atoms with van der Waals surface area (Å²) >= 11 is 0. The van der Waals surface area contributed by atoms with Crippen LogP contribution < -0.4 is 11.1 Å². The number of rotatable bonds is 1. The van der Waals surface area contributed by atoms with Gasteiger partial charge in [0.05, 0.1) is 19.3 Å². The lowest BCUT2D eigenvalue weighted by Crippen LogP contribution is -2.35. The Bertz CT molecular complexity index is 284. The molecular formula is C9H13N3O. The molecule has 0 amide bonds. The number of pyridine rings is 1. The molecule has 2 heterocycles. The lowest BCUT2D eigenvalue weighted by molar-refractivity contribution is 0.0770. The number of hydrogen-bond acceptors (Lipinski definition) is 4. The molecular weight excluding hydrogens is 166 g/mol. The summed E-state index contributed by atoms with van der Waals surface area (Å²) in [7, 11) is 0. The molecule has 2 rings (SSSR count). The molecule has 1 aliphatic heterocycles. The maximum atomic E-state index is 5.82. The molecule has 4 heteroatoms. The number of nitrogens with zero attached hydrogens (tertiary/aromatic N) is 1. The van der Waals surface area contributed by atoms with Crippen LogP contribution in [-0.4, -0.2) is 24.7 Å². The number of nitrogen functional groups attached to an aromatic ring is 1. The second-order valence-corrected chi connectivity index (χ2v) is 3.09. The molecule has 0 spiro atoms. The predicted octanol–water partition coefficient (Wildman–Crippen LogP) is 0.325. The smallest absolute Gasteiger partial charge is 0.0663 e. The van der Waals surface area contributed by atoms with Crippen molar-refractivity contribution in [1.82, 2.24) is 10.3 Å². The summed E-state index contributed by atoms with van der Waals surface area (Å²) < 4.78 is 5.35. The van der Waals surface area contributed by atoms with E-state index in [4.69, 9.17) is 10.5 Å². The first-order valence-electron chi connectivity index (χ1n) is 4.38. The van der Waals surface area contributed by atoms with Gasteiger partial charge >= 0.3 is 0 Å². The van der Waals surface area contributed by atoms with Gasteiger partial charge in [-0.05, 0) is 6.07 Å². The summed E-state index contributed by atoms with van der Waals surface area (Å²) in [6, 6.07) is 2.01. The maximum absolute atomic E-state index is 5.82. The molecule has 0 unspecified atom stereocenters. The second-order valence-electron chi connectivity index (χ2n) is 3.09. The Balaban J connectivity index is 2.18. The van der Waals surface area contributed by atoms with E-state index in [9.17, 15) is 0 Å². The third-order valence-electron chi connectivity index (χ3n) is 2.18. The van der Waals surface area contributed by atoms with Crippen LogP contribution in [0.2, 0.25) is 0 Å². The molecule has 0 aliphatic carbocycles. The molecule has 1 aliphatic rings. The van der Waals surface area contributed by atoms with E-state index < -0.39 is 0 Å². The van der Waals surface area contributed by atoms with Crippen molar-refractivity contribution in [3.63, 3.8) is 0 Å². The Hall–Kier alpha value is -1.13. The Morgan fingerprint density at radius 3 is 3.23 bits per heavy atom. The predicted molar refractivity (Wildman–Crippen MR) is 50.2 cm³/mol. The van der Waals surface area contributed by atoms with Crippen molar-refractivity contribution in [1.29, 1.82) is 0 Å². The number of ether oxygens (including phenoxy) is 1. The maximum Gasteiger partial charge on any atom is 0.0663 e. The monoisotopic (exact) mass is 179 g/mol. The first-order chi connectivity index (χ1) is 6.38. The van der Waals surface area contributed by atoms with Crippen molar-refractivity contribution in [3.8, 4) is 0 Å². The number of morpholine rings is 1. The molecule has 0 radical (unpaired) electrons. The van der Waals surface area contributed by atoms with Crippen LogP contribution in [-0.2, 0) is 4.74 Å². The van der Waals surface area contributed by atoms with Gasteiger partial charge in [-0.2, -0.15) is 0 Å². The molecule has 0 aromatic carbocycles. The minimum atomic E-state index is 0.197. The minimum absolute atomic E-state index is 0.197. The van der Waals surface area contributed by atoms with Crippen LogP contribution in [0.15, 0.2) is 18.5 Å². The zero-order valence-corrected chi connectivity index (χ0v) is 7.36. The summed E-state index contributed by atoms with van der Waals surface area (Å²) in [4.78, 5) is 4.05.